The van der Waals surface area contributed by atoms with Crippen LogP contribution in [-0.4, -0.2) is 113 Å². The van der Waals surface area contributed by atoms with E-state index in [1.54, 1.807) is 40.8 Å². The molecule has 5 aromatic rings. The molecule has 0 saturated carbocycles. The van der Waals surface area contributed by atoms with Gasteiger partial charge in [0.1, 0.15) is 29.4 Å². The van der Waals surface area contributed by atoms with Gasteiger partial charge in [-0.25, -0.2) is 34.5 Å². The summed E-state index contributed by atoms with van der Waals surface area (Å²) in [5, 5.41) is 5.35. The van der Waals surface area contributed by atoms with Gasteiger partial charge in [-0.2, -0.15) is 0 Å². The zero-order valence-corrected chi connectivity index (χ0v) is 33.4. The summed E-state index contributed by atoms with van der Waals surface area (Å²) in [5.74, 6) is 1.13. The molecule has 58 heavy (non-hydrogen) atoms. The lowest BCUT2D eigenvalue weighted by atomic mass is 10.0. The van der Waals surface area contributed by atoms with Crippen molar-refractivity contribution in [2.75, 3.05) is 27.3 Å². The third-order valence-corrected chi connectivity index (χ3v) is 10.7. The second kappa shape index (κ2) is 17.0. The largest absolute Gasteiger partial charge is 0.453 e. The van der Waals surface area contributed by atoms with E-state index in [-0.39, 0.29) is 35.7 Å². The number of ether oxygens (including phenoxy) is 2. The molecular formula is C40H48N12O6. The number of hydrogen-bond acceptors (Lipinski definition) is 12. The fourth-order valence-electron chi connectivity index (χ4n) is 7.58. The molecule has 0 bridgehead atoms. The molecule has 18 nitrogen and oxygen atoms in total. The van der Waals surface area contributed by atoms with Gasteiger partial charge in [0.2, 0.25) is 11.8 Å². The maximum Gasteiger partial charge on any atom is 0.407 e. The van der Waals surface area contributed by atoms with Gasteiger partial charge in [0.05, 0.1) is 67.3 Å². The minimum Gasteiger partial charge on any atom is -0.453 e. The van der Waals surface area contributed by atoms with Gasteiger partial charge in [0, 0.05) is 36.6 Å². The number of aromatic amines is 2. The van der Waals surface area contributed by atoms with Crippen LogP contribution in [-0.2, 0) is 19.1 Å². The van der Waals surface area contributed by atoms with Gasteiger partial charge < -0.3 is 39.9 Å². The summed E-state index contributed by atoms with van der Waals surface area (Å²) in [5.41, 5.74) is 4.90. The fraction of sp³-hybridized carbons (Fsp3) is 0.450. The molecule has 4 amide bonds. The van der Waals surface area contributed by atoms with Crippen LogP contribution in [0.3, 0.4) is 0 Å². The molecule has 2 aliphatic heterocycles. The summed E-state index contributed by atoms with van der Waals surface area (Å²) in [6.45, 7) is 8.66. The Kier molecular flexibility index (Phi) is 11.6. The summed E-state index contributed by atoms with van der Waals surface area (Å²) < 4.78 is 9.49. The first-order valence-electron chi connectivity index (χ1n) is 19.4. The van der Waals surface area contributed by atoms with Gasteiger partial charge in [0.25, 0.3) is 0 Å². The first kappa shape index (κ1) is 39.8. The molecule has 2 fully saturated rings. The van der Waals surface area contributed by atoms with E-state index in [1.807, 2.05) is 45.9 Å². The van der Waals surface area contributed by atoms with Gasteiger partial charge in [-0.3, -0.25) is 14.6 Å². The number of nitrogens with zero attached hydrogens (tertiary/aromatic N) is 8. The lowest BCUT2D eigenvalue weighted by molar-refractivity contribution is -0.136. The second-order valence-electron chi connectivity index (χ2n) is 15.2. The Hall–Kier alpha value is -6.46. The van der Waals surface area contributed by atoms with Gasteiger partial charge in [-0.15, -0.1) is 0 Å². The average Bonchev–Trinajstić information content (AvgIpc) is 4.07. The Balaban J connectivity index is 1.02. The van der Waals surface area contributed by atoms with Crippen molar-refractivity contribution in [1.82, 2.24) is 60.3 Å². The first-order chi connectivity index (χ1) is 27.9. The van der Waals surface area contributed by atoms with Gasteiger partial charge in [-0.1, -0.05) is 33.8 Å². The molecule has 4 N–H and O–H groups in total. The maximum atomic E-state index is 13.6. The fourth-order valence-corrected chi connectivity index (χ4v) is 7.58. The smallest absolute Gasteiger partial charge is 0.407 e. The summed E-state index contributed by atoms with van der Waals surface area (Å²) >= 11 is 0. The number of rotatable bonds is 11. The second-order valence-corrected chi connectivity index (χ2v) is 15.2. The number of imidazole rings is 2. The first-order valence-corrected chi connectivity index (χ1v) is 19.4. The minimum atomic E-state index is -0.718. The summed E-state index contributed by atoms with van der Waals surface area (Å²) in [6, 6.07) is 3.79. The van der Waals surface area contributed by atoms with Crippen LogP contribution in [0.2, 0.25) is 0 Å². The molecule has 0 radical (unpaired) electrons. The maximum absolute atomic E-state index is 13.6. The summed E-state index contributed by atoms with van der Waals surface area (Å²) in [6.07, 6.45) is 10.3. The average molecular weight is 793 g/mol. The molecule has 4 atom stereocenters. The predicted octanol–water partition coefficient (Wildman–Crippen LogP) is 4.96. The number of carbonyl (C=O) groups is 4. The highest BCUT2D eigenvalue weighted by Crippen LogP contribution is 2.34. The van der Waals surface area contributed by atoms with Crippen LogP contribution in [0.5, 0.6) is 0 Å². The van der Waals surface area contributed by atoms with Crippen LogP contribution in [0.25, 0.3) is 45.1 Å². The Bertz CT molecular complexity index is 2290. The molecule has 18 heteroatoms. The molecule has 0 spiro atoms. The molecule has 7 rings (SSSR count). The quantitative estimate of drug-likeness (QED) is 0.139. The van der Waals surface area contributed by atoms with Crippen LogP contribution in [0.1, 0.15) is 77.1 Å². The van der Waals surface area contributed by atoms with Crippen molar-refractivity contribution in [3.8, 4) is 34.0 Å². The van der Waals surface area contributed by atoms with E-state index < -0.39 is 24.3 Å². The Morgan fingerprint density at radius 1 is 0.672 bits per heavy atom. The van der Waals surface area contributed by atoms with Crippen molar-refractivity contribution in [2.24, 2.45) is 11.8 Å². The minimum absolute atomic E-state index is 0.126. The number of H-pyrrole nitrogens is 2. The molecular weight excluding hydrogens is 745 g/mol. The highest BCUT2D eigenvalue weighted by Gasteiger charge is 2.39. The number of methoxy groups -OCH3 is 2. The SMILES string of the molecule is COC(=O)N[C@H](C(=O)N1CCCC1c1ncc(-c2ccc3nc(-c4ncc(-c5cnc([C@@H]6CCCN6C(=O)[C@@H](NC(=O)OC)C(C)C)[nH]5)cn4)cnc3c2)[nH]1)C(C)C. The van der Waals surface area contributed by atoms with Crippen molar-refractivity contribution in [1.29, 1.82) is 0 Å². The van der Waals surface area contributed by atoms with Crippen molar-refractivity contribution in [3.05, 3.63) is 60.8 Å². The van der Waals surface area contributed by atoms with Crippen molar-refractivity contribution >= 4 is 35.0 Å². The van der Waals surface area contributed by atoms with E-state index in [0.29, 0.717) is 58.5 Å². The molecule has 6 heterocycles. The van der Waals surface area contributed by atoms with Crippen molar-refractivity contribution < 1.29 is 28.7 Å². The third-order valence-electron chi connectivity index (χ3n) is 10.7. The number of amides is 4. The number of nitrogens with one attached hydrogen (secondary N) is 4. The van der Waals surface area contributed by atoms with E-state index in [1.165, 1.54) is 14.2 Å². The lowest BCUT2D eigenvalue weighted by Gasteiger charge is -2.30. The molecule has 304 valence electrons. The number of fused-ring (bicyclic) bond motifs is 1. The topological polar surface area (TPSA) is 226 Å². The number of likely N-dealkylation sites (tertiary alicyclic amines) is 2. The number of alkyl carbamates (subject to hydrolysis) is 2. The molecule has 1 unspecified atom stereocenters. The van der Waals surface area contributed by atoms with Gasteiger partial charge in [0.15, 0.2) is 5.82 Å². The van der Waals surface area contributed by atoms with Crippen LogP contribution < -0.4 is 10.6 Å². The monoisotopic (exact) mass is 792 g/mol. The van der Waals surface area contributed by atoms with Crippen LogP contribution >= 0.6 is 0 Å². The number of aromatic nitrogens is 8. The highest BCUT2D eigenvalue weighted by atomic mass is 16.5. The molecule has 2 saturated heterocycles. The van der Waals surface area contributed by atoms with Crippen molar-refractivity contribution in [3.63, 3.8) is 0 Å². The third kappa shape index (κ3) is 8.17. The van der Waals surface area contributed by atoms with Gasteiger partial charge in [-0.05, 0) is 49.7 Å². The molecule has 2 aliphatic rings. The van der Waals surface area contributed by atoms with E-state index in [4.69, 9.17) is 14.5 Å². The Morgan fingerprint density at radius 3 is 1.69 bits per heavy atom. The normalized spacial score (nSPS) is 17.8. The van der Waals surface area contributed by atoms with Crippen LogP contribution in [0.15, 0.2) is 49.2 Å². The standard InChI is InChI=1S/C40H48N12O6/c1-21(2)32(49-39(55)57-5)37(53)51-13-7-9-30(51)35-44-18-27(47-35)23-11-12-25-26(15-23)41-20-29(46-25)34-42-16-24(17-43-34)28-19-45-36(48-28)31-10-8-14-52(31)38(54)33(22(3)4)50-40(56)58-6/h11-12,15-22,30-33H,7-10,13-14H2,1-6H3,(H,44,47)(H,45,48)(H,49,55)(H,50,56)/t30?,31-,32-,33-/m0/s1. The molecule has 0 aliphatic carbocycles. The van der Waals surface area contributed by atoms with E-state index in [2.05, 4.69) is 45.5 Å². The zero-order chi connectivity index (χ0) is 41.1. The van der Waals surface area contributed by atoms with Gasteiger partial charge >= 0.3 is 12.2 Å². The number of carbonyl (C=O) groups excluding carboxylic acids is 4. The molecule has 1 aromatic carbocycles. The number of hydrogen-bond donors (Lipinski definition) is 4. The lowest BCUT2D eigenvalue weighted by Crippen LogP contribution is -2.51. The van der Waals surface area contributed by atoms with Crippen molar-refractivity contribution in [2.45, 2.75) is 77.5 Å². The summed E-state index contributed by atoms with van der Waals surface area (Å²) in [7, 11) is 2.55. The van der Waals surface area contributed by atoms with E-state index >= 15 is 0 Å². The van der Waals surface area contributed by atoms with E-state index in [9.17, 15) is 19.2 Å². The Morgan fingerprint density at radius 2 is 1.19 bits per heavy atom. The summed E-state index contributed by atoms with van der Waals surface area (Å²) in [4.78, 5) is 89.2. The highest BCUT2D eigenvalue weighted by molar-refractivity contribution is 5.87. The predicted molar refractivity (Wildman–Crippen MR) is 211 cm³/mol. The van der Waals surface area contributed by atoms with Crippen LogP contribution in [0.4, 0.5) is 9.59 Å². The number of benzene rings is 1. The Labute approximate surface area is 335 Å². The molecule has 4 aromatic heterocycles. The van der Waals surface area contributed by atoms with Crippen LogP contribution in [0, 0.1) is 11.8 Å². The zero-order valence-electron chi connectivity index (χ0n) is 33.4. The van der Waals surface area contributed by atoms with E-state index in [0.717, 1.165) is 36.9 Å².